The van der Waals surface area contributed by atoms with E-state index in [1.54, 1.807) is 0 Å². The van der Waals surface area contributed by atoms with Crippen LogP contribution in [0.2, 0.25) is 0 Å². The van der Waals surface area contributed by atoms with Crippen molar-refractivity contribution >= 4 is 32.5 Å². The van der Waals surface area contributed by atoms with E-state index in [0.29, 0.717) is 23.9 Å². The molecule has 1 aliphatic rings. The lowest BCUT2D eigenvalue weighted by Gasteiger charge is -2.12. The van der Waals surface area contributed by atoms with Crippen LogP contribution in [0.4, 0.5) is 10.1 Å². The van der Waals surface area contributed by atoms with Crippen molar-refractivity contribution in [2.75, 3.05) is 17.9 Å². The molecular weight excluding hydrogens is 437 g/mol. The Morgan fingerprint density at radius 1 is 1.16 bits per heavy atom. The zero-order valence-electron chi connectivity index (χ0n) is 17.1. The van der Waals surface area contributed by atoms with E-state index in [1.165, 1.54) is 30.3 Å². The third-order valence-electron chi connectivity index (χ3n) is 5.24. The Morgan fingerprint density at radius 3 is 2.66 bits per heavy atom. The van der Waals surface area contributed by atoms with Gasteiger partial charge in [0.05, 0.1) is 16.6 Å². The van der Waals surface area contributed by atoms with Crippen molar-refractivity contribution in [3.05, 3.63) is 70.3 Å². The minimum absolute atomic E-state index is 0.0786. The van der Waals surface area contributed by atoms with Gasteiger partial charge in [0, 0.05) is 35.8 Å². The molecule has 1 aliphatic heterocycles. The summed E-state index contributed by atoms with van der Waals surface area (Å²) in [4.78, 5) is 27.3. The third kappa shape index (κ3) is 4.97. The lowest BCUT2D eigenvalue weighted by Crippen LogP contribution is -2.28. The second-order valence-corrected chi connectivity index (χ2v) is 9.23. The van der Waals surface area contributed by atoms with Gasteiger partial charge in [0.2, 0.25) is 5.56 Å². The quantitative estimate of drug-likeness (QED) is 0.502. The number of hydrogen-bond donors (Lipinski definition) is 3. The maximum Gasteiger partial charge on any atom is 0.261 e. The molecule has 1 atom stereocenters. The number of benzene rings is 2. The molecule has 4 rings (SSSR count). The van der Waals surface area contributed by atoms with Crippen LogP contribution in [0.5, 0.6) is 0 Å². The summed E-state index contributed by atoms with van der Waals surface area (Å²) >= 11 is 0. The molecule has 2 aromatic carbocycles. The van der Waals surface area contributed by atoms with Gasteiger partial charge in [0.25, 0.3) is 15.9 Å². The lowest BCUT2D eigenvalue weighted by atomic mass is 10.1. The number of aromatic amines is 1. The Balaban J connectivity index is 1.60. The summed E-state index contributed by atoms with van der Waals surface area (Å²) in [5.41, 5.74) is 0.138. The fourth-order valence-corrected chi connectivity index (χ4v) is 4.72. The molecule has 0 bridgehead atoms. The summed E-state index contributed by atoms with van der Waals surface area (Å²) in [6.45, 7) is 1.10. The van der Waals surface area contributed by atoms with Crippen LogP contribution < -0.4 is 15.6 Å². The number of pyridine rings is 1. The fraction of sp³-hybridized carbons (Fsp3) is 0.273. The number of fused-ring (bicyclic) bond motifs is 1. The number of carbonyl (C=O) groups is 1. The predicted octanol–water partition coefficient (Wildman–Crippen LogP) is 2.77. The number of amides is 1. The molecule has 0 unspecified atom stereocenters. The average molecular weight is 459 g/mol. The van der Waals surface area contributed by atoms with Gasteiger partial charge in [-0.2, -0.15) is 0 Å². The van der Waals surface area contributed by atoms with E-state index in [9.17, 15) is 22.4 Å². The molecule has 0 spiro atoms. The molecule has 32 heavy (non-hydrogen) atoms. The van der Waals surface area contributed by atoms with Crippen molar-refractivity contribution in [3.63, 3.8) is 0 Å². The number of anilines is 1. The molecular formula is C22H22FN3O5S. The van der Waals surface area contributed by atoms with Crippen LogP contribution in [0.15, 0.2) is 58.2 Å². The van der Waals surface area contributed by atoms with Gasteiger partial charge in [-0.05, 0) is 61.7 Å². The van der Waals surface area contributed by atoms with Crippen LogP contribution in [0.1, 0.15) is 29.6 Å². The smallest absolute Gasteiger partial charge is 0.261 e. The molecule has 168 valence electrons. The topological polar surface area (TPSA) is 117 Å². The monoisotopic (exact) mass is 459 g/mol. The second kappa shape index (κ2) is 9.09. The number of rotatable bonds is 7. The zero-order valence-corrected chi connectivity index (χ0v) is 17.9. The highest BCUT2D eigenvalue weighted by molar-refractivity contribution is 7.92. The SMILES string of the molecule is O=C(NCC[C@@H]1CCCO1)c1cc(=O)[nH]c2ccc(S(=O)(=O)Nc3ccc(F)cc3)cc12. The molecule has 1 amide bonds. The Morgan fingerprint density at radius 2 is 1.94 bits per heavy atom. The van der Waals surface area contributed by atoms with Crippen molar-refractivity contribution in [1.29, 1.82) is 0 Å². The Bertz CT molecular complexity index is 1300. The lowest BCUT2D eigenvalue weighted by molar-refractivity contribution is 0.0908. The van der Waals surface area contributed by atoms with Gasteiger partial charge >= 0.3 is 0 Å². The summed E-state index contributed by atoms with van der Waals surface area (Å²) < 4.78 is 46.6. The first kappa shape index (κ1) is 22.0. The van der Waals surface area contributed by atoms with E-state index in [0.717, 1.165) is 37.6 Å². The number of nitrogens with one attached hydrogen (secondary N) is 3. The molecule has 1 fully saturated rings. The van der Waals surface area contributed by atoms with E-state index < -0.39 is 27.3 Å². The Labute approximate surface area is 183 Å². The highest BCUT2D eigenvalue weighted by Gasteiger charge is 2.19. The van der Waals surface area contributed by atoms with E-state index >= 15 is 0 Å². The summed E-state index contributed by atoms with van der Waals surface area (Å²) in [5.74, 6) is -0.960. The number of hydrogen-bond acceptors (Lipinski definition) is 5. The molecule has 1 aromatic heterocycles. The average Bonchev–Trinajstić information content (AvgIpc) is 3.27. The summed E-state index contributed by atoms with van der Waals surface area (Å²) in [7, 11) is -4.01. The highest BCUT2D eigenvalue weighted by atomic mass is 32.2. The van der Waals surface area contributed by atoms with Gasteiger partial charge in [0.15, 0.2) is 0 Å². The maximum absolute atomic E-state index is 13.1. The Hall–Kier alpha value is -3.24. The first-order valence-electron chi connectivity index (χ1n) is 10.2. The van der Waals surface area contributed by atoms with Gasteiger partial charge in [-0.1, -0.05) is 0 Å². The Kier molecular flexibility index (Phi) is 6.24. The van der Waals surface area contributed by atoms with Crippen molar-refractivity contribution < 1.29 is 22.3 Å². The van der Waals surface area contributed by atoms with E-state index in [1.807, 2.05) is 0 Å². The van der Waals surface area contributed by atoms with Crippen LogP contribution in [-0.2, 0) is 14.8 Å². The maximum atomic E-state index is 13.1. The van der Waals surface area contributed by atoms with Gasteiger partial charge < -0.3 is 15.0 Å². The van der Waals surface area contributed by atoms with Crippen LogP contribution in [0.25, 0.3) is 10.9 Å². The van der Waals surface area contributed by atoms with Crippen molar-refractivity contribution in [2.24, 2.45) is 0 Å². The summed E-state index contributed by atoms with van der Waals surface area (Å²) in [6, 6.07) is 10.1. The largest absolute Gasteiger partial charge is 0.378 e. The number of aromatic nitrogens is 1. The number of halogens is 1. The number of carbonyl (C=O) groups excluding carboxylic acids is 1. The minimum atomic E-state index is -4.01. The fourth-order valence-electron chi connectivity index (χ4n) is 3.63. The number of H-pyrrole nitrogens is 1. The molecule has 3 N–H and O–H groups in total. The summed E-state index contributed by atoms with van der Waals surface area (Å²) in [6.07, 6.45) is 2.72. The molecule has 0 saturated carbocycles. The van der Waals surface area contributed by atoms with Crippen molar-refractivity contribution in [2.45, 2.75) is 30.3 Å². The van der Waals surface area contributed by atoms with E-state index in [4.69, 9.17) is 4.74 Å². The summed E-state index contributed by atoms with van der Waals surface area (Å²) in [5, 5.41) is 3.07. The standard InChI is InChI=1S/C22H22FN3O5S/c23-14-3-5-15(6-4-14)26-32(29,30)17-7-8-20-18(12-17)19(13-21(27)25-20)22(28)24-10-9-16-2-1-11-31-16/h3-8,12-13,16,26H,1-2,9-11H2,(H,24,28)(H,25,27)/t16-/m0/s1. The molecule has 0 aliphatic carbocycles. The predicted molar refractivity (Wildman–Crippen MR) is 118 cm³/mol. The van der Waals surface area contributed by atoms with Crippen LogP contribution in [-0.4, -0.2) is 38.6 Å². The second-order valence-electron chi connectivity index (χ2n) is 7.55. The molecule has 10 heteroatoms. The van der Waals surface area contributed by atoms with Gasteiger partial charge in [-0.15, -0.1) is 0 Å². The van der Waals surface area contributed by atoms with Gasteiger partial charge in [0.1, 0.15) is 5.82 Å². The molecule has 3 aromatic rings. The van der Waals surface area contributed by atoms with Crippen LogP contribution in [0.3, 0.4) is 0 Å². The van der Waals surface area contributed by atoms with Gasteiger partial charge in [-0.25, -0.2) is 12.8 Å². The molecule has 8 nitrogen and oxygen atoms in total. The number of sulfonamides is 1. The van der Waals surface area contributed by atoms with Crippen LogP contribution >= 0.6 is 0 Å². The zero-order chi connectivity index (χ0) is 22.7. The minimum Gasteiger partial charge on any atom is -0.378 e. The van der Waals surface area contributed by atoms with E-state index in [2.05, 4.69) is 15.0 Å². The molecule has 1 saturated heterocycles. The van der Waals surface area contributed by atoms with Crippen LogP contribution in [0, 0.1) is 5.82 Å². The molecule has 0 radical (unpaired) electrons. The first-order valence-corrected chi connectivity index (χ1v) is 11.7. The van der Waals surface area contributed by atoms with Crippen molar-refractivity contribution in [1.82, 2.24) is 10.3 Å². The third-order valence-corrected chi connectivity index (χ3v) is 6.62. The van der Waals surface area contributed by atoms with Gasteiger partial charge in [-0.3, -0.25) is 14.3 Å². The first-order chi connectivity index (χ1) is 15.3. The highest BCUT2D eigenvalue weighted by Crippen LogP contribution is 2.23. The van der Waals surface area contributed by atoms with Crippen molar-refractivity contribution in [3.8, 4) is 0 Å². The number of ether oxygens (including phenoxy) is 1. The van der Waals surface area contributed by atoms with E-state index in [-0.39, 0.29) is 22.3 Å². The normalized spacial score (nSPS) is 16.2. The molecule has 2 heterocycles.